The molecule has 0 bridgehead atoms. The number of anilines is 2. The van der Waals surface area contributed by atoms with E-state index < -0.39 is 42.9 Å². The maximum atomic E-state index is 15.0. The molecule has 4 N–H and O–H groups in total. The second-order valence-corrected chi connectivity index (χ2v) is 23.0. The highest BCUT2D eigenvalue weighted by atomic mass is 32.2. The molecular formula is C54H68FN9O10S. The van der Waals surface area contributed by atoms with E-state index in [9.17, 15) is 37.6 Å². The molecule has 21 heteroatoms. The summed E-state index contributed by atoms with van der Waals surface area (Å²) in [5.74, 6) is -1.60. The summed E-state index contributed by atoms with van der Waals surface area (Å²) in [6.45, 7) is 13.2. The number of sulfonamides is 1. The van der Waals surface area contributed by atoms with Gasteiger partial charge in [0.1, 0.15) is 22.1 Å². The molecule has 1 amide bonds. The number of halogens is 1. The Balaban J connectivity index is 0.929. The zero-order chi connectivity index (χ0) is 53.2. The van der Waals surface area contributed by atoms with E-state index in [-0.39, 0.29) is 69.7 Å². The van der Waals surface area contributed by atoms with E-state index in [2.05, 4.69) is 77.8 Å². The Morgan fingerprint density at radius 3 is 2.48 bits per heavy atom. The first-order valence-corrected chi connectivity index (χ1v) is 27.5. The van der Waals surface area contributed by atoms with Crippen molar-refractivity contribution in [1.29, 1.82) is 0 Å². The first-order valence-electron chi connectivity index (χ1n) is 26.0. The van der Waals surface area contributed by atoms with Crippen LogP contribution in [0.5, 0.6) is 17.4 Å². The highest BCUT2D eigenvalue weighted by Crippen LogP contribution is 2.53. The summed E-state index contributed by atoms with van der Waals surface area (Å²) < 4.78 is 62.0. The number of pyridine rings is 2. The third-order valence-corrected chi connectivity index (χ3v) is 17.2. The number of methoxy groups -OCH3 is 1. The van der Waals surface area contributed by atoms with Crippen molar-refractivity contribution >= 4 is 50.1 Å². The summed E-state index contributed by atoms with van der Waals surface area (Å²) in [5.41, 5.74) is 2.21. The van der Waals surface area contributed by atoms with Crippen LogP contribution in [0, 0.1) is 27.3 Å². The number of carbonyl (C=O) groups is 2. The van der Waals surface area contributed by atoms with Gasteiger partial charge in [-0.3, -0.25) is 29.5 Å². The van der Waals surface area contributed by atoms with Crippen molar-refractivity contribution in [2.75, 3.05) is 69.7 Å². The SMILES string of the molecule is CCOc1nc2[nH]cc(F)c2cc1Oc1cc(N2CCC3(CC2)CC(N2CCN(CCC(=O)OC)C[C@H]2c2ccccc2C(C)C)C3)ccc1C(=O)NS(=O)(=O)c1cnc(NCC2CCC(C)(O)CC2)c([N+](=O)[O-])c1. The Kier molecular flexibility index (Phi) is 15.7. The maximum absolute atomic E-state index is 15.0. The van der Waals surface area contributed by atoms with Crippen LogP contribution in [0.1, 0.15) is 119 Å². The van der Waals surface area contributed by atoms with E-state index in [0.29, 0.717) is 75.9 Å². The molecule has 4 fully saturated rings. The quantitative estimate of drug-likeness (QED) is 0.0366. The standard InChI is InChI=1S/C54H68FN9O10S/c1-6-73-52-47(27-42-43(55)32-58-49(42)59-52)74-46-25-36(11-12-41(46)51(66)60-75(70,71)38-26-44(64(68)69)50(57-31-38)56-30-35-13-16-53(4,67)17-14-35)62-21-18-54(19-22-62)28-37(29-54)63-24-23-61(20-15-48(65)72-5)33-45(63)40-10-8-7-9-39(40)34(2)3/h7-12,25-27,31-32,34-35,37,45,67H,6,13-24,28-30,33H2,1-5H3,(H,56,57)(H,58,59)(H,60,66)/t35?,45-,53?/m0/s1. The number of aromatic nitrogens is 3. The van der Waals surface area contributed by atoms with Gasteiger partial charge in [0.15, 0.2) is 5.75 Å². The van der Waals surface area contributed by atoms with Crippen molar-refractivity contribution in [3.63, 3.8) is 0 Å². The van der Waals surface area contributed by atoms with Gasteiger partial charge in [0.05, 0.1) is 47.8 Å². The number of nitro groups is 1. The van der Waals surface area contributed by atoms with Crippen LogP contribution >= 0.6 is 0 Å². The molecule has 1 spiro atoms. The summed E-state index contributed by atoms with van der Waals surface area (Å²) in [6, 6.07) is 16.4. The molecule has 4 aliphatic rings. The van der Waals surface area contributed by atoms with Gasteiger partial charge in [-0.25, -0.2) is 22.5 Å². The monoisotopic (exact) mass is 1050 g/mol. The van der Waals surface area contributed by atoms with Gasteiger partial charge < -0.3 is 34.5 Å². The lowest BCUT2D eigenvalue weighted by Gasteiger charge is -2.58. The number of nitrogens with zero attached hydrogens (tertiary/aromatic N) is 6. The first kappa shape index (κ1) is 53.4. The number of nitrogens with one attached hydrogen (secondary N) is 3. The number of rotatable bonds is 18. The molecule has 2 aliphatic carbocycles. The fourth-order valence-electron chi connectivity index (χ4n) is 11.5. The number of hydrogen-bond acceptors (Lipinski definition) is 16. The van der Waals surface area contributed by atoms with Gasteiger partial charge in [0.2, 0.25) is 5.82 Å². The van der Waals surface area contributed by atoms with E-state index in [4.69, 9.17) is 14.2 Å². The fourth-order valence-corrected chi connectivity index (χ4v) is 12.4. The number of ether oxygens (including phenoxy) is 3. The second kappa shape index (κ2) is 22.0. The van der Waals surface area contributed by atoms with Crippen LogP contribution in [0.2, 0.25) is 0 Å². The number of piperazine rings is 1. The molecule has 5 aromatic rings. The van der Waals surface area contributed by atoms with E-state index in [1.165, 1.54) is 30.4 Å². The van der Waals surface area contributed by atoms with Gasteiger partial charge in [-0.05, 0) is 106 Å². The molecule has 2 saturated carbocycles. The number of piperidine rings is 1. The van der Waals surface area contributed by atoms with Crippen molar-refractivity contribution in [1.82, 2.24) is 29.5 Å². The molecule has 2 saturated heterocycles. The number of benzene rings is 2. The van der Waals surface area contributed by atoms with Crippen molar-refractivity contribution in [3.8, 4) is 17.4 Å². The highest BCUT2D eigenvalue weighted by molar-refractivity contribution is 7.90. The molecule has 0 unspecified atom stereocenters. The number of aliphatic hydroxyl groups is 1. The first-order chi connectivity index (χ1) is 35.8. The van der Waals surface area contributed by atoms with Crippen LogP contribution in [0.15, 0.2) is 71.9 Å². The van der Waals surface area contributed by atoms with Crippen molar-refractivity contribution < 1.29 is 46.6 Å². The Hall–Kier alpha value is -6.42. The Bertz CT molecular complexity index is 3020. The zero-order valence-corrected chi connectivity index (χ0v) is 44.1. The summed E-state index contributed by atoms with van der Waals surface area (Å²) in [6.07, 6.45) is 9.00. The van der Waals surface area contributed by atoms with Gasteiger partial charge in [-0.1, -0.05) is 38.1 Å². The van der Waals surface area contributed by atoms with E-state index >= 15 is 0 Å². The number of esters is 1. The van der Waals surface area contributed by atoms with Crippen LogP contribution in [-0.4, -0.2) is 126 Å². The van der Waals surface area contributed by atoms with Crippen LogP contribution in [0.25, 0.3) is 11.0 Å². The third kappa shape index (κ3) is 11.9. The molecule has 1 atom stereocenters. The topological polar surface area (TPSA) is 235 Å². The molecular weight excluding hydrogens is 986 g/mol. The van der Waals surface area contributed by atoms with Gasteiger partial charge in [-0.15, -0.1) is 0 Å². The lowest BCUT2D eigenvalue weighted by atomic mass is 9.59. The summed E-state index contributed by atoms with van der Waals surface area (Å²) >= 11 is 0. The molecule has 0 radical (unpaired) electrons. The minimum atomic E-state index is -4.75. The molecule has 5 heterocycles. The van der Waals surface area contributed by atoms with E-state index in [1.54, 1.807) is 26.0 Å². The van der Waals surface area contributed by atoms with Crippen LogP contribution < -0.4 is 24.4 Å². The Morgan fingerprint density at radius 1 is 1.03 bits per heavy atom. The zero-order valence-electron chi connectivity index (χ0n) is 43.3. The largest absolute Gasteiger partial charge is 0.475 e. The average molecular weight is 1050 g/mol. The fraction of sp³-hybridized carbons (Fsp3) is 0.519. The van der Waals surface area contributed by atoms with Crippen molar-refractivity contribution in [3.05, 3.63) is 99.6 Å². The molecule has 9 rings (SSSR count). The number of aromatic amines is 1. The lowest BCUT2D eigenvalue weighted by Crippen LogP contribution is -2.60. The lowest BCUT2D eigenvalue weighted by molar-refractivity contribution is -0.384. The van der Waals surface area contributed by atoms with E-state index in [1.807, 2.05) is 0 Å². The van der Waals surface area contributed by atoms with Crippen molar-refractivity contribution in [2.24, 2.45) is 11.3 Å². The number of hydrogen-bond donors (Lipinski definition) is 4. The number of carbonyl (C=O) groups excluding carboxylic acids is 2. The van der Waals surface area contributed by atoms with Crippen LogP contribution in [0.3, 0.4) is 0 Å². The predicted octanol–water partition coefficient (Wildman–Crippen LogP) is 8.46. The minimum absolute atomic E-state index is 0.00988. The second-order valence-electron chi connectivity index (χ2n) is 21.3. The van der Waals surface area contributed by atoms with Gasteiger partial charge in [-0.2, -0.15) is 4.98 Å². The molecule has 19 nitrogen and oxygen atoms in total. The number of amides is 1. The molecule has 3 aromatic heterocycles. The predicted molar refractivity (Wildman–Crippen MR) is 280 cm³/mol. The van der Waals surface area contributed by atoms with Gasteiger partial charge in [0.25, 0.3) is 21.8 Å². The number of H-pyrrole nitrogens is 1. The maximum Gasteiger partial charge on any atom is 0.312 e. The van der Waals surface area contributed by atoms with Gasteiger partial charge >= 0.3 is 11.7 Å². The van der Waals surface area contributed by atoms with Crippen molar-refractivity contribution in [2.45, 2.75) is 114 Å². The highest BCUT2D eigenvalue weighted by Gasteiger charge is 2.50. The molecule has 402 valence electrons. The molecule has 2 aliphatic heterocycles. The minimum Gasteiger partial charge on any atom is -0.475 e. The average Bonchev–Trinajstić information content (AvgIpc) is 3.74. The molecule has 75 heavy (non-hydrogen) atoms. The summed E-state index contributed by atoms with van der Waals surface area (Å²) in [4.78, 5) is 55.8. The van der Waals surface area contributed by atoms with E-state index in [0.717, 1.165) is 63.8 Å². The van der Waals surface area contributed by atoms with Gasteiger partial charge in [0, 0.05) is 88.0 Å². The molecule has 2 aromatic carbocycles. The summed E-state index contributed by atoms with van der Waals surface area (Å²) in [7, 11) is -3.32. The number of fused-ring (bicyclic) bond motifs is 1. The normalized spacial score (nSPS) is 21.5. The van der Waals surface area contributed by atoms with Crippen LogP contribution in [-0.2, 0) is 19.6 Å². The van der Waals surface area contributed by atoms with Crippen LogP contribution in [0.4, 0.5) is 21.6 Å². The smallest absolute Gasteiger partial charge is 0.312 e. The Morgan fingerprint density at radius 2 is 1.77 bits per heavy atom. The third-order valence-electron chi connectivity index (χ3n) is 15.9. The summed E-state index contributed by atoms with van der Waals surface area (Å²) in [5, 5.41) is 25.7. The Labute approximate surface area is 436 Å².